The van der Waals surface area contributed by atoms with Gasteiger partial charge in [-0.2, -0.15) is 0 Å². The molecule has 0 bridgehead atoms. The molecule has 0 heterocycles. The molecule has 0 unspecified atom stereocenters. The fourth-order valence-corrected chi connectivity index (χ4v) is 0.289. The van der Waals surface area contributed by atoms with Gasteiger partial charge in [0.1, 0.15) is 0 Å². The minimum Gasteiger partial charge on any atom is -0.393 e. The Kier molecular flexibility index (Phi) is 9.71. The summed E-state index contributed by atoms with van der Waals surface area (Å²) in [7, 11) is 0. The lowest BCUT2D eigenvalue weighted by Crippen LogP contribution is -1.99. The van der Waals surface area contributed by atoms with Crippen LogP contribution in [0.2, 0.25) is 0 Å². The molecule has 0 aliphatic rings. The first-order valence-electron chi connectivity index (χ1n) is 2.49. The first-order chi connectivity index (χ1) is 2.81. The normalized spacial score (nSPS) is 8.57. The van der Waals surface area contributed by atoms with Crippen LogP contribution in [0.3, 0.4) is 0 Å². The van der Waals surface area contributed by atoms with Gasteiger partial charge in [-0.05, 0) is 12.8 Å². The molecule has 0 spiro atoms. The van der Waals surface area contributed by atoms with E-state index in [2.05, 4.69) is 0 Å². The van der Waals surface area contributed by atoms with Gasteiger partial charge in [-0.15, -0.1) is 0 Å². The Morgan fingerprint density at radius 3 is 1.57 bits per heavy atom. The van der Waals surface area contributed by atoms with Crippen LogP contribution in [0.25, 0.3) is 0 Å². The Morgan fingerprint density at radius 1 is 1.29 bits per heavy atom. The smallest absolute Gasteiger partial charge is 0.187 e. The third-order valence-corrected chi connectivity index (χ3v) is 0.942. The Hall–Kier alpha value is 0.492. The van der Waals surface area contributed by atoms with Gasteiger partial charge in [-0.25, -0.2) is 0 Å². The van der Waals surface area contributed by atoms with Crippen LogP contribution < -0.4 is 0 Å². The van der Waals surface area contributed by atoms with Crippen molar-refractivity contribution in [1.82, 2.24) is 0 Å². The molecule has 0 saturated heterocycles. The van der Waals surface area contributed by atoms with E-state index in [9.17, 15) is 0 Å². The first kappa shape index (κ1) is 10.5. The fraction of sp³-hybridized carbons (Fsp3) is 1.00. The highest BCUT2D eigenvalue weighted by molar-refractivity contribution is 5.75. The maximum Gasteiger partial charge on any atom is 0.187 e. The third-order valence-electron chi connectivity index (χ3n) is 0.942. The molecule has 0 aliphatic carbocycles. The minimum atomic E-state index is -0.0648. The summed E-state index contributed by atoms with van der Waals surface area (Å²) in [4.78, 5) is 0. The number of aliphatic hydroxyl groups is 1. The summed E-state index contributed by atoms with van der Waals surface area (Å²) in [6, 6.07) is 0. The van der Waals surface area contributed by atoms with Crippen molar-refractivity contribution in [2.45, 2.75) is 32.8 Å². The molecule has 0 aromatic rings. The summed E-state index contributed by atoms with van der Waals surface area (Å²) in [5.74, 6) is 0. The van der Waals surface area contributed by atoms with Gasteiger partial charge < -0.3 is 5.11 Å². The van der Waals surface area contributed by atoms with Gasteiger partial charge >= 0.3 is 0 Å². The standard InChI is InChI=1S/C5H12O.Al.3H/c1-3-5(6)4-2;;;;/h5-6H,3-4H2,1-2H3;;;;. The maximum atomic E-state index is 8.67. The van der Waals surface area contributed by atoms with Crippen LogP contribution in [0, 0.1) is 0 Å². The Morgan fingerprint density at radius 2 is 1.57 bits per heavy atom. The lowest BCUT2D eigenvalue weighted by Gasteiger charge is -1.98. The minimum absolute atomic E-state index is 0. The number of hydrogen-bond acceptors (Lipinski definition) is 1. The SMILES string of the molecule is CCC(O)CC.[AlH3]. The fourth-order valence-electron chi connectivity index (χ4n) is 0.289. The molecule has 0 aliphatic heterocycles. The topological polar surface area (TPSA) is 20.2 Å². The monoisotopic (exact) mass is 118 g/mol. The molecule has 0 rings (SSSR count). The first-order valence-corrected chi connectivity index (χ1v) is 2.49. The van der Waals surface area contributed by atoms with Gasteiger partial charge in [0.15, 0.2) is 17.4 Å². The Balaban J connectivity index is 0. The van der Waals surface area contributed by atoms with Crippen molar-refractivity contribution >= 4 is 17.4 Å². The molecule has 1 N–H and O–H groups in total. The molecule has 0 aromatic heterocycles. The van der Waals surface area contributed by atoms with E-state index in [-0.39, 0.29) is 23.5 Å². The molecule has 0 fully saturated rings. The summed E-state index contributed by atoms with van der Waals surface area (Å²) < 4.78 is 0. The van der Waals surface area contributed by atoms with E-state index in [0.717, 1.165) is 12.8 Å². The molecular formula is C5H15AlO. The van der Waals surface area contributed by atoms with Crippen molar-refractivity contribution in [1.29, 1.82) is 0 Å². The highest BCUT2D eigenvalue weighted by atomic mass is 27.0. The average Bonchev–Trinajstić information content (AvgIpc) is 1.65. The van der Waals surface area contributed by atoms with E-state index >= 15 is 0 Å². The molecule has 0 saturated carbocycles. The predicted molar refractivity (Wildman–Crippen MR) is 36.5 cm³/mol. The molecule has 0 atom stereocenters. The molecule has 2 heteroatoms. The van der Waals surface area contributed by atoms with E-state index in [0.29, 0.717) is 0 Å². The third kappa shape index (κ3) is 6.49. The molecule has 0 radical (unpaired) electrons. The lowest BCUT2D eigenvalue weighted by molar-refractivity contribution is 0.166. The van der Waals surface area contributed by atoms with Crippen molar-refractivity contribution in [2.75, 3.05) is 0 Å². The Labute approximate surface area is 55.9 Å². The van der Waals surface area contributed by atoms with E-state index in [4.69, 9.17) is 5.11 Å². The quantitative estimate of drug-likeness (QED) is 0.505. The number of hydrogen-bond donors (Lipinski definition) is 1. The van der Waals surface area contributed by atoms with Crippen LogP contribution in [0.15, 0.2) is 0 Å². The van der Waals surface area contributed by atoms with Gasteiger partial charge in [0.25, 0.3) is 0 Å². The summed E-state index contributed by atoms with van der Waals surface area (Å²) in [6.07, 6.45) is 1.71. The van der Waals surface area contributed by atoms with E-state index in [1.54, 1.807) is 0 Å². The molecule has 1 nitrogen and oxygen atoms in total. The van der Waals surface area contributed by atoms with Crippen LogP contribution in [0.5, 0.6) is 0 Å². The van der Waals surface area contributed by atoms with E-state index in [1.807, 2.05) is 13.8 Å². The zero-order chi connectivity index (χ0) is 4.99. The van der Waals surface area contributed by atoms with E-state index in [1.165, 1.54) is 0 Å². The van der Waals surface area contributed by atoms with Crippen molar-refractivity contribution in [3.05, 3.63) is 0 Å². The van der Waals surface area contributed by atoms with Gasteiger partial charge in [0.05, 0.1) is 6.10 Å². The zero-order valence-corrected chi connectivity index (χ0v) is 4.44. The largest absolute Gasteiger partial charge is 0.393 e. The van der Waals surface area contributed by atoms with Crippen LogP contribution in [-0.2, 0) is 0 Å². The van der Waals surface area contributed by atoms with E-state index < -0.39 is 0 Å². The average molecular weight is 118 g/mol. The lowest BCUT2D eigenvalue weighted by atomic mass is 10.2. The van der Waals surface area contributed by atoms with Crippen LogP contribution in [0.4, 0.5) is 0 Å². The van der Waals surface area contributed by atoms with Gasteiger partial charge in [0, 0.05) is 0 Å². The second kappa shape index (κ2) is 6.49. The van der Waals surface area contributed by atoms with Crippen molar-refractivity contribution in [3.8, 4) is 0 Å². The molecule has 0 aromatic carbocycles. The second-order valence-electron chi connectivity index (χ2n) is 1.47. The molecular weight excluding hydrogens is 103 g/mol. The molecule has 7 heavy (non-hydrogen) atoms. The summed E-state index contributed by atoms with van der Waals surface area (Å²) in [5.41, 5.74) is 0. The summed E-state index contributed by atoms with van der Waals surface area (Å²) in [6.45, 7) is 3.96. The van der Waals surface area contributed by atoms with Gasteiger partial charge in [0.2, 0.25) is 0 Å². The van der Waals surface area contributed by atoms with Crippen molar-refractivity contribution < 1.29 is 5.11 Å². The van der Waals surface area contributed by atoms with Crippen LogP contribution >= 0.6 is 0 Å². The second-order valence-corrected chi connectivity index (χ2v) is 1.47. The highest BCUT2D eigenvalue weighted by Gasteiger charge is 1.90. The predicted octanol–water partition coefficient (Wildman–Crippen LogP) is -0.0166. The molecule has 0 amide bonds. The number of rotatable bonds is 2. The number of aliphatic hydroxyl groups excluding tert-OH is 1. The summed E-state index contributed by atoms with van der Waals surface area (Å²) >= 11 is 0. The van der Waals surface area contributed by atoms with Crippen molar-refractivity contribution in [3.63, 3.8) is 0 Å². The summed E-state index contributed by atoms with van der Waals surface area (Å²) in [5, 5.41) is 8.67. The van der Waals surface area contributed by atoms with Gasteiger partial charge in [-0.1, -0.05) is 13.8 Å². The van der Waals surface area contributed by atoms with Gasteiger partial charge in [-0.3, -0.25) is 0 Å². The maximum absolute atomic E-state index is 8.67. The van der Waals surface area contributed by atoms with Crippen LogP contribution in [0.1, 0.15) is 26.7 Å². The van der Waals surface area contributed by atoms with Crippen molar-refractivity contribution in [2.24, 2.45) is 0 Å². The Bertz CT molecular complexity index is 27.3. The van der Waals surface area contributed by atoms with Crippen LogP contribution in [-0.4, -0.2) is 28.6 Å². The zero-order valence-electron chi connectivity index (χ0n) is 4.44. The highest BCUT2D eigenvalue weighted by Crippen LogP contribution is 1.91. The molecule has 44 valence electrons.